The maximum absolute atomic E-state index is 12.1. The second kappa shape index (κ2) is 5.18. The lowest BCUT2D eigenvalue weighted by atomic mass is 10.2. The number of thiophene rings is 1. The first-order valence-corrected chi connectivity index (χ1v) is 7.59. The number of carbonyl (C=O) groups is 1. The average molecular weight is 305 g/mol. The molecule has 0 aromatic carbocycles. The summed E-state index contributed by atoms with van der Waals surface area (Å²) in [5.74, 6) is 1.08. The number of amides is 1. The van der Waals surface area contributed by atoms with Crippen LogP contribution in [0.2, 0.25) is 0 Å². The third-order valence-corrected chi connectivity index (χ3v) is 4.54. The molecule has 0 bridgehead atoms. The molecule has 3 aromatic rings. The van der Waals surface area contributed by atoms with Gasteiger partial charge in [-0.15, -0.1) is 21.5 Å². The van der Waals surface area contributed by atoms with E-state index in [1.165, 1.54) is 11.3 Å². The fourth-order valence-electron chi connectivity index (χ4n) is 1.79. The van der Waals surface area contributed by atoms with E-state index in [0.717, 1.165) is 9.88 Å². The minimum atomic E-state index is -0.228. The van der Waals surface area contributed by atoms with Crippen molar-refractivity contribution in [2.24, 2.45) is 0 Å². The van der Waals surface area contributed by atoms with Crippen molar-refractivity contribution < 1.29 is 9.21 Å². The zero-order valence-corrected chi connectivity index (χ0v) is 12.5. The van der Waals surface area contributed by atoms with Gasteiger partial charge < -0.3 is 4.42 Å². The number of hydrogen-bond donors (Lipinski definition) is 1. The van der Waals surface area contributed by atoms with Crippen molar-refractivity contribution in [3.8, 4) is 9.88 Å². The van der Waals surface area contributed by atoms with Gasteiger partial charge in [-0.25, -0.2) is 0 Å². The van der Waals surface area contributed by atoms with Crippen molar-refractivity contribution in [2.75, 3.05) is 5.32 Å². The lowest BCUT2D eigenvalue weighted by Crippen LogP contribution is -2.11. The van der Waals surface area contributed by atoms with Crippen LogP contribution in [0.1, 0.15) is 21.9 Å². The Hall–Kier alpha value is -1.99. The third kappa shape index (κ3) is 2.50. The summed E-state index contributed by atoms with van der Waals surface area (Å²) in [5.41, 5.74) is 0.523. The van der Waals surface area contributed by atoms with Crippen LogP contribution in [-0.4, -0.2) is 16.1 Å². The Kier molecular flexibility index (Phi) is 3.37. The molecule has 5 nitrogen and oxygen atoms in total. The monoisotopic (exact) mass is 305 g/mol. The standard InChI is InChI=1S/C13H11N3O2S2/c1-7-6-9(8(2)18-7)11(17)14-13-16-15-12(20-13)10-4-3-5-19-10/h3-6H,1-2H3,(H,14,16,17). The highest BCUT2D eigenvalue weighted by Crippen LogP contribution is 2.30. The molecule has 20 heavy (non-hydrogen) atoms. The van der Waals surface area contributed by atoms with Crippen LogP contribution in [-0.2, 0) is 0 Å². The Balaban J connectivity index is 1.78. The zero-order valence-electron chi connectivity index (χ0n) is 10.8. The van der Waals surface area contributed by atoms with Crippen LogP contribution in [0.25, 0.3) is 9.88 Å². The molecule has 0 unspecified atom stereocenters. The van der Waals surface area contributed by atoms with Gasteiger partial charge in [0.25, 0.3) is 5.91 Å². The van der Waals surface area contributed by atoms with Crippen molar-refractivity contribution >= 4 is 33.7 Å². The summed E-state index contributed by atoms with van der Waals surface area (Å²) in [6, 6.07) is 5.64. The fourth-order valence-corrected chi connectivity index (χ4v) is 3.32. The van der Waals surface area contributed by atoms with Gasteiger partial charge in [-0.05, 0) is 31.4 Å². The number of aromatic nitrogens is 2. The van der Waals surface area contributed by atoms with Gasteiger partial charge in [0.05, 0.1) is 10.4 Å². The Bertz CT molecular complexity index is 744. The highest BCUT2D eigenvalue weighted by molar-refractivity contribution is 7.23. The maximum Gasteiger partial charge on any atom is 0.261 e. The van der Waals surface area contributed by atoms with Crippen molar-refractivity contribution in [1.82, 2.24) is 10.2 Å². The summed E-state index contributed by atoms with van der Waals surface area (Å²) in [5, 5.41) is 14.1. The number of nitrogens with one attached hydrogen (secondary N) is 1. The number of hydrogen-bond acceptors (Lipinski definition) is 6. The minimum absolute atomic E-state index is 0.228. The van der Waals surface area contributed by atoms with Gasteiger partial charge in [-0.2, -0.15) is 0 Å². The van der Waals surface area contributed by atoms with Crippen LogP contribution < -0.4 is 5.32 Å². The van der Waals surface area contributed by atoms with E-state index in [9.17, 15) is 4.79 Å². The number of nitrogens with zero attached hydrogens (tertiary/aromatic N) is 2. The molecule has 1 amide bonds. The van der Waals surface area contributed by atoms with Crippen molar-refractivity contribution in [3.63, 3.8) is 0 Å². The predicted molar refractivity (Wildman–Crippen MR) is 79.4 cm³/mol. The van der Waals surface area contributed by atoms with E-state index in [-0.39, 0.29) is 5.91 Å². The lowest BCUT2D eigenvalue weighted by Gasteiger charge is -1.98. The molecule has 0 fully saturated rings. The molecule has 3 heterocycles. The smallest absolute Gasteiger partial charge is 0.261 e. The van der Waals surface area contributed by atoms with Gasteiger partial charge >= 0.3 is 0 Å². The molecule has 0 saturated heterocycles. The quantitative estimate of drug-likeness (QED) is 0.800. The molecule has 0 radical (unpaired) electrons. The number of furan rings is 1. The molecule has 3 aromatic heterocycles. The molecule has 1 N–H and O–H groups in total. The molecule has 0 saturated carbocycles. The summed E-state index contributed by atoms with van der Waals surface area (Å²) >= 11 is 2.94. The number of anilines is 1. The SMILES string of the molecule is Cc1cc(C(=O)Nc2nnc(-c3cccs3)s2)c(C)o1. The van der Waals surface area contributed by atoms with Crippen LogP contribution >= 0.6 is 22.7 Å². The van der Waals surface area contributed by atoms with Crippen LogP contribution in [0, 0.1) is 13.8 Å². The lowest BCUT2D eigenvalue weighted by molar-refractivity contribution is 0.102. The summed E-state index contributed by atoms with van der Waals surface area (Å²) in [6.07, 6.45) is 0. The van der Waals surface area contributed by atoms with E-state index in [1.807, 2.05) is 24.4 Å². The average Bonchev–Trinajstić information content (AvgIpc) is 3.09. The maximum atomic E-state index is 12.1. The van der Waals surface area contributed by atoms with E-state index in [4.69, 9.17) is 4.42 Å². The van der Waals surface area contributed by atoms with Gasteiger partial charge in [0, 0.05) is 0 Å². The fraction of sp³-hybridized carbons (Fsp3) is 0.154. The molecule has 0 atom stereocenters. The summed E-state index contributed by atoms with van der Waals surface area (Å²) in [4.78, 5) is 13.2. The van der Waals surface area contributed by atoms with E-state index in [0.29, 0.717) is 22.2 Å². The molecular formula is C13H11N3O2S2. The van der Waals surface area contributed by atoms with Gasteiger partial charge in [-0.1, -0.05) is 17.4 Å². The van der Waals surface area contributed by atoms with Gasteiger partial charge in [0.15, 0.2) is 5.01 Å². The van der Waals surface area contributed by atoms with Crippen LogP contribution in [0.3, 0.4) is 0 Å². The van der Waals surface area contributed by atoms with Crippen molar-refractivity contribution in [3.05, 3.63) is 40.7 Å². The molecule has 0 spiro atoms. The normalized spacial score (nSPS) is 10.7. The summed E-state index contributed by atoms with van der Waals surface area (Å²) < 4.78 is 5.35. The Labute approximate surface area is 123 Å². The van der Waals surface area contributed by atoms with Gasteiger partial charge in [0.1, 0.15) is 11.5 Å². The molecule has 3 rings (SSSR count). The molecule has 102 valence electrons. The van der Waals surface area contributed by atoms with Crippen molar-refractivity contribution in [1.29, 1.82) is 0 Å². The minimum Gasteiger partial charge on any atom is -0.466 e. The third-order valence-electron chi connectivity index (χ3n) is 2.66. The molecule has 0 aliphatic heterocycles. The number of rotatable bonds is 3. The van der Waals surface area contributed by atoms with E-state index in [2.05, 4.69) is 15.5 Å². The first-order chi connectivity index (χ1) is 9.63. The van der Waals surface area contributed by atoms with E-state index in [1.54, 1.807) is 24.3 Å². The summed E-state index contributed by atoms with van der Waals surface area (Å²) in [7, 11) is 0. The molecular weight excluding hydrogens is 294 g/mol. The number of carbonyl (C=O) groups excluding carboxylic acids is 1. The molecule has 0 aliphatic carbocycles. The second-order valence-corrected chi connectivity index (χ2v) is 6.10. The second-order valence-electron chi connectivity index (χ2n) is 4.17. The van der Waals surface area contributed by atoms with Crippen LogP contribution in [0.5, 0.6) is 0 Å². The topological polar surface area (TPSA) is 68.0 Å². The first kappa shape index (κ1) is 13.0. The highest BCUT2D eigenvalue weighted by atomic mass is 32.1. The van der Waals surface area contributed by atoms with Crippen molar-refractivity contribution in [2.45, 2.75) is 13.8 Å². The Morgan fingerprint density at radius 1 is 1.35 bits per heavy atom. The predicted octanol–water partition coefficient (Wildman–Crippen LogP) is 3.73. The highest BCUT2D eigenvalue weighted by Gasteiger charge is 2.16. The summed E-state index contributed by atoms with van der Waals surface area (Å²) in [6.45, 7) is 3.57. The molecule has 7 heteroatoms. The van der Waals surface area contributed by atoms with Gasteiger partial charge in [-0.3, -0.25) is 10.1 Å². The first-order valence-electron chi connectivity index (χ1n) is 5.89. The van der Waals surface area contributed by atoms with Crippen LogP contribution in [0.4, 0.5) is 5.13 Å². The van der Waals surface area contributed by atoms with Crippen LogP contribution in [0.15, 0.2) is 28.0 Å². The Morgan fingerprint density at radius 3 is 2.85 bits per heavy atom. The number of aryl methyl sites for hydroxylation is 2. The molecule has 0 aliphatic rings. The van der Waals surface area contributed by atoms with E-state index < -0.39 is 0 Å². The largest absolute Gasteiger partial charge is 0.466 e. The Morgan fingerprint density at radius 2 is 2.20 bits per heavy atom. The zero-order chi connectivity index (χ0) is 14.1. The van der Waals surface area contributed by atoms with E-state index >= 15 is 0 Å². The van der Waals surface area contributed by atoms with Gasteiger partial charge in [0.2, 0.25) is 5.13 Å².